The summed E-state index contributed by atoms with van der Waals surface area (Å²) in [5.74, 6) is 0.340. The number of hydrogen-bond acceptors (Lipinski definition) is 5. The summed E-state index contributed by atoms with van der Waals surface area (Å²) in [5.41, 5.74) is 18.6. The molecule has 0 bridgehead atoms. The van der Waals surface area contributed by atoms with Crippen molar-refractivity contribution in [3.63, 3.8) is 0 Å². The van der Waals surface area contributed by atoms with Crippen molar-refractivity contribution in [1.29, 1.82) is 0 Å². The van der Waals surface area contributed by atoms with E-state index in [1.807, 2.05) is 17.0 Å². The first kappa shape index (κ1) is 22.9. The first-order valence-corrected chi connectivity index (χ1v) is 7.70. The molecule has 0 aromatic carbocycles. The molecule has 0 amide bonds. The summed E-state index contributed by atoms with van der Waals surface area (Å²) < 4.78 is 6.97. The predicted molar refractivity (Wildman–Crippen MR) is 83.0 cm³/mol. The van der Waals surface area contributed by atoms with Crippen LogP contribution in [0.25, 0.3) is 11.5 Å². The van der Waals surface area contributed by atoms with Crippen molar-refractivity contribution in [1.82, 2.24) is 9.97 Å². The van der Waals surface area contributed by atoms with E-state index >= 15 is 0 Å². The summed E-state index contributed by atoms with van der Waals surface area (Å²) in [4.78, 5) is 20.3. The Hall–Kier alpha value is -1.15. The number of rotatable bonds is 6. The molecule has 0 atom stereocenters. The first-order chi connectivity index (χ1) is 10.5. The van der Waals surface area contributed by atoms with Crippen molar-refractivity contribution in [2.75, 3.05) is 13.2 Å². The van der Waals surface area contributed by atoms with Crippen LogP contribution in [0.1, 0.15) is 22.0 Å². The van der Waals surface area contributed by atoms with E-state index in [0.717, 1.165) is 16.1 Å². The summed E-state index contributed by atoms with van der Waals surface area (Å²) in [6.45, 7) is 4.26. The van der Waals surface area contributed by atoms with Gasteiger partial charge in [0, 0.05) is 30.9 Å². The number of nitrogens with zero attached hydrogens (tertiary/aromatic N) is 3. The number of halogens is 1. The molecule has 10 heteroatoms. The minimum absolute atomic E-state index is 0. The Balaban J connectivity index is 0.00000264. The second-order valence-electron chi connectivity index (χ2n) is 4.80. The van der Waals surface area contributed by atoms with Gasteiger partial charge in [-0.15, -0.1) is 0 Å². The van der Waals surface area contributed by atoms with Crippen molar-refractivity contribution in [2.45, 2.75) is 26.8 Å². The number of aryl methyl sites for hydroxylation is 1. The minimum Gasteiger partial charge on any atom is -1.00 e. The van der Waals surface area contributed by atoms with Crippen LogP contribution >= 0.6 is 11.3 Å². The van der Waals surface area contributed by atoms with Crippen molar-refractivity contribution in [3.05, 3.63) is 45.1 Å². The molecule has 0 saturated carbocycles. The van der Waals surface area contributed by atoms with Gasteiger partial charge in [-0.1, -0.05) is 17.2 Å². The summed E-state index contributed by atoms with van der Waals surface area (Å²) in [6, 6.07) is 0. The average Bonchev–Trinajstić information content (AvgIpc) is 2.83. The van der Waals surface area contributed by atoms with E-state index in [1.165, 1.54) is 0 Å². The van der Waals surface area contributed by atoms with Crippen LogP contribution in [-0.4, -0.2) is 29.1 Å². The van der Waals surface area contributed by atoms with Gasteiger partial charge in [-0.3, -0.25) is 9.78 Å². The standard InChI is InChI=1S/C14H18N5O2S.ClH.Zn/c1-9-12(3-4-21-13(20)5-15)22-8-19(9)7-11-6-17-10(2)18-14(11)16;;/h6,8,15H,3-5,7H2,1-2H3,(H-,16,17,18);1H;/q-1;;+2/p-1. The molecule has 2 aromatic heterocycles. The number of thiazole rings is 1. The molecule has 2 heterocycles. The van der Waals surface area contributed by atoms with Gasteiger partial charge in [-0.2, -0.15) is 4.57 Å². The zero-order valence-electron chi connectivity index (χ0n) is 13.6. The zero-order valence-corrected chi connectivity index (χ0v) is 18.2. The molecule has 0 saturated heterocycles. The topological polar surface area (TPSA) is 104 Å². The van der Waals surface area contributed by atoms with Gasteiger partial charge < -0.3 is 33.6 Å². The second kappa shape index (κ2) is 10.7. The molecule has 126 valence electrons. The zero-order chi connectivity index (χ0) is 16.1. The molecule has 0 unspecified atom stereocenters. The van der Waals surface area contributed by atoms with Crippen LogP contribution in [0.15, 0.2) is 11.7 Å². The van der Waals surface area contributed by atoms with Crippen molar-refractivity contribution in [2.24, 2.45) is 0 Å². The minimum atomic E-state index is -0.502. The van der Waals surface area contributed by atoms with Crippen molar-refractivity contribution >= 4 is 23.1 Å². The van der Waals surface area contributed by atoms with Crippen LogP contribution in [0.2, 0.25) is 0 Å². The van der Waals surface area contributed by atoms with Gasteiger partial charge in [0.1, 0.15) is 0 Å². The van der Waals surface area contributed by atoms with Gasteiger partial charge in [-0.25, -0.2) is 0 Å². The molecule has 24 heavy (non-hydrogen) atoms. The van der Waals surface area contributed by atoms with E-state index in [2.05, 4.69) is 9.97 Å². The van der Waals surface area contributed by atoms with Crippen molar-refractivity contribution < 1.29 is 46.0 Å². The van der Waals surface area contributed by atoms with Crippen LogP contribution in [0, 0.1) is 13.8 Å². The molecular formula is C14H18ClN5O2SZn. The van der Waals surface area contributed by atoms with Gasteiger partial charge >= 0.3 is 19.5 Å². The predicted octanol–water partition coefficient (Wildman–Crippen LogP) is -0.686. The fourth-order valence-electron chi connectivity index (χ4n) is 1.95. The first-order valence-electron chi connectivity index (χ1n) is 6.82. The molecule has 7 nitrogen and oxygen atoms in total. The molecule has 0 aliphatic heterocycles. The molecule has 0 aliphatic carbocycles. The summed E-state index contributed by atoms with van der Waals surface area (Å²) in [6.07, 6.45) is 2.32. The van der Waals surface area contributed by atoms with Crippen LogP contribution in [0.5, 0.6) is 0 Å². The number of aromatic nitrogens is 3. The molecule has 0 spiro atoms. The normalized spacial score (nSPS) is 9.79. The van der Waals surface area contributed by atoms with E-state index in [4.69, 9.17) is 16.2 Å². The molecule has 2 rings (SSSR count). The molecule has 0 fully saturated rings. The Morgan fingerprint density at radius 1 is 1.42 bits per heavy atom. The van der Waals surface area contributed by atoms with Crippen LogP contribution in [0.4, 0.5) is 5.82 Å². The summed E-state index contributed by atoms with van der Waals surface area (Å²) in [7, 11) is 0. The van der Waals surface area contributed by atoms with Gasteiger partial charge in [0.2, 0.25) is 5.51 Å². The number of carbonyl (C=O) groups excluding carboxylic acids is 1. The van der Waals surface area contributed by atoms with E-state index in [1.54, 1.807) is 24.5 Å². The third kappa shape index (κ3) is 6.05. The number of esters is 1. The quantitative estimate of drug-likeness (QED) is 0.350. The fourth-order valence-corrected chi connectivity index (χ4v) is 2.93. The summed E-state index contributed by atoms with van der Waals surface area (Å²) in [5, 5.41) is 0. The largest absolute Gasteiger partial charge is 2.00 e. The van der Waals surface area contributed by atoms with Gasteiger partial charge in [0.15, 0.2) is 12.2 Å². The Labute approximate surface area is 164 Å². The van der Waals surface area contributed by atoms with E-state index in [0.29, 0.717) is 18.8 Å². The maximum Gasteiger partial charge on any atom is 2.00 e. The van der Waals surface area contributed by atoms with Crippen molar-refractivity contribution in [3.8, 4) is 0 Å². The summed E-state index contributed by atoms with van der Waals surface area (Å²) >= 11 is 1.59. The number of nitrogens with one attached hydrogen (secondary N) is 2. The SMILES string of the molecule is Cc1ncc(C[n+]2csc(CCOC(=O)C[NH-])c2C)c([NH-])n1.[Cl-].[Zn+2]. The Morgan fingerprint density at radius 2 is 2.12 bits per heavy atom. The maximum absolute atomic E-state index is 11.0. The molecule has 2 aromatic rings. The van der Waals surface area contributed by atoms with Gasteiger partial charge in [0.05, 0.1) is 11.5 Å². The molecule has 2 N–H and O–H groups in total. The van der Waals surface area contributed by atoms with Crippen LogP contribution < -0.4 is 17.0 Å². The van der Waals surface area contributed by atoms with E-state index < -0.39 is 5.97 Å². The fraction of sp³-hybridized carbons (Fsp3) is 0.429. The third-order valence-electron chi connectivity index (χ3n) is 3.22. The van der Waals surface area contributed by atoms with Gasteiger partial charge in [0.25, 0.3) is 5.97 Å². The number of carbonyl (C=O) groups is 1. The van der Waals surface area contributed by atoms with E-state index in [9.17, 15) is 4.79 Å². The Morgan fingerprint density at radius 3 is 2.75 bits per heavy atom. The van der Waals surface area contributed by atoms with E-state index in [-0.39, 0.29) is 50.9 Å². The molecular weight excluding hydrogens is 403 g/mol. The molecule has 0 aliphatic rings. The monoisotopic (exact) mass is 419 g/mol. The van der Waals surface area contributed by atoms with Crippen LogP contribution in [0.3, 0.4) is 0 Å². The number of hydrogen-bond donors (Lipinski definition) is 0. The third-order valence-corrected chi connectivity index (χ3v) is 4.36. The Kier molecular flexibility index (Phi) is 10.2. The second-order valence-corrected chi connectivity index (χ2v) is 5.74. The maximum atomic E-state index is 11.0. The smallest absolute Gasteiger partial charge is 1.00 e. The molecule has 0 radical (unpaired) electrons. The average molecular weight is 421 g/mol. The Bertz CT molecular complexity index is 683. The number of ether oxygens (including phenoxy) is 1. The van der Waals surface area contributed by atoms with Gasteiger partial charge in [-0.05, 0) is 13.5 Å². The van der Waals surface area contributed by atoms with Crippen LogP contribution in [-0.2, 0) is 42.0 Å².